The molecule has 1 aromatic carbocycles. The van der Waals surface area contributed by atoms with Crippen molar-refractivity contribution in [3.8, 4) is 5.75 Å². The summed E-state index contributed by atoms with van der Waals surface area (Å²) in [5, 5.41) is 38.3. The molecule has 1 aromatic heterocycles. The van der Waals surface area contributed by atoms with E-state index in [4.69, 9.17) is 15.8 Å². The summed E-state index contributed by atoms with van der Waals surface area (Å²) in [5.41, 5.74) is 1.27. The van der Waals surface area contributed by atoms with Gasteiger partial charge in [0.05, 0.1) is 5.39 Å². The minimum Gasteiger partial charge on any atom is -0.433 e. The van der Waals surface area contributed by atoms with Crippen molar-refractivity contribution in [2.45, 2.75) is 52.2 Å². The van der Waals surface area contributed by atoms with Gasteiger partial charge in [0.1, 0.15) is 24.3 Å². The number of aromatic nitrogens is 1. The standard InChI is InChI=1S/C18H22F2N4O5.C6H10O/c1-3-14(21)16-13(15(25)10-28-24(26)27)8-9-22-17(16)23-11-4-6-12(7-5-11)29-18(2,19)20;1-3-5-6(7)4-2/h4-9,15,21,25-27H,3,10H2,1-2H3,(H,22,23);4H,2-3,5H2,1H3. The van der Waals surface area contributed by atoms with Gasteiger partial charge in [-0.15, -0.1) is 0 Å². The predicted molar refractivity (Wildman–Crippen MR) is 129 cm³/mol. The Balaban J connectivity index is 0.000000809. The topological polar surface area (TPSA) is 148 Å². The molecule has 0 aliphatic heterocycles. The Morgan fingerprint density at radius 3 is 2.39 bits per heavy atom. The van der Waals surface area contributed by atoms with Crippen molar-refractivity contribution in [2.24, 2.45) is 0 Å². The SMILES string of the molecule is C=CC(=O)CCC.CCC(=N)c1c(C(O)CON(O)O)ccnc1Nc1ccc(OC(C)(F)F)cc1. The second kappa shape index (κ2) is 15.0. The average molecular weight is 511 g/mol. The molecule has 1 atom stereocenters. The van der Waals surface area contributed by atoms with Crippen LogP contribution in [0, 0.1) is 5.41 Å². The number of nitrogens with zero attached hydrogens (tertiary/aromatic N) is 2. The number of nitrogens with one attached hydrogen (secondary N) is 2. The van der Waals surface area contributed by atoms with Crippen LogP contribution in [0.1, 0.15) is 57.3 Å². The van der Waals surface area contributed by atoms with Crippen molar-refractivity contribution >= 4 is 23.0 Å². The normalized spacial score (nSPS) is 11.8. The zero-order valence-electron chi connectivity index (χ0n) is 20.4. The molecule has 0 saturated carbocycles. The first-order chi connectivity index (χ1) is 16.9. The molecule has 0 saturated heterocycles. The summed E-state index contributed by atoms with van der Waals surface area (Å²) in [6.07, 6.45) is 0.0943. The summed E-state index contributed by atoms with van der Waals surface area (Å²) >= 11 is 0. The molecule has 0 fully saturated rings. The van der Waals surface area contributed by atoms with Gasteiger partial charge in [-0.1, -0.05) is 20.4 Å². The maximum Gasteiger partial charge on any atom is 0.394 e. The number of anilines is 2. The molecule has 0 amide bonds. The number of halogens is 2. The van der Waals surface area contributed by atoms with E-state index in [1.165, 1.54) is 42.6 Å². The molecule has 36 heavy (non-hydrogen) atoms. The molecule has 10 nitrogen and oxygen atoms in total. The molecule has 0 spiro atoms. The molecule has 2 aromatic rings. The summed E-state index contributed by atoms with van der Waals surface area (Å²) in [6, 6.07) is 7.20. The van der Waals surface area contributed by atoms with E-state index in [0.717, 1.165) is 6.42 Å². The number of ketones is 1. The van der Waals surface area contributed by atoms with Crippen LogP contribution in [-0.4, -0.2) is 50.1 Å². The molecule has 0 aliphatic carbocycles. The molecule has 2 rings (SSSR count). The second-order valence-electron chi connectivity index (χ2n) is 7.50. The quantitative estimate of drug-likeness (QED) is 0.140. The van der Waals surface area contributed by atoms with Crippen LogP contribution in [0.5, 0.6) is 5.75 Å². The van der Waals surface area contributed by atoms with E-state index in [0.29, 0.717) is 36.6 Å². The zero-order chi connectivity index (χ0) is 27.3. The van der Waals surface area contributed by atoms with Gasteiger partial charge in [-0.2, -0.15) is 8.78 Å². The van der Waals surface area contributed by atoms with Crippen LogP contribution in [0.25, 0.3) is 0 Å². The monoisotopic (exact) mass is 510 g/mol. The summed E-state index contributed by atoms with van der Waals surface area (Å²) in [7, 11) is 0. The van der Waals surface area contributed by atoms with Gasteiger partial charge in [0.25, 0.3) is 0 Å². The largest absolute Gasteiger partial charge is 0.433 e. The van der Waals surface area contributed by atoms with Crippen LogP contribution in [0.2, 0.25) is 0 Å². The van der Waals surface area contributed by atoms with Crippen molar-refractivity contribution in [1.82, 2.24) is 10.4 Å². The number of aliphatic hydroxyl groups is 1. The fourth-order valence-electron chi connectivity index (χ4n) is 2.87. The van der Waals surface area contributed by atoms with E-state index >= 15 is 0 Å². The molecule has 0 radical (unpaired) electrons. The molecule has 198 valence electrons. The van der Waals surface area contributed by atoms with Gasteiger partial charge in [0, 0.05) is 36.5 Å². The molecule has 1 unspecified atom stereocenters. The molecule has 5 N–H and O–H groups in total. The Kier molecular flexibility index (Phi) is 12.8. The highest BCUT2D eigenvalue weighted by Crippen LogP contribution is 2.29. The number of carbonyl (C=O) groups is 1. The second-order valence-corrected chi connectivity index (χ2v) is 7.50. The summed E-state index contributed by atoms with van der Waals surface area (Å²) in [5.74, 6) is 0.381. The molecule has 12 heteroatoms. The molecule has 0 bridgehead atoms. The minimum absolute atomic E-state index is 0.0172. The van der Waals surface area contributed by atoms with Crippen LogP contribution in [0.15, 0.2) is 49.2 Å². The van der Waals surface area contributed by atoms with Crippen LogP contribution < -0.4 is 10.1 Å². The van der Waals surface area contributed by atoms with E-state index < -0.39 is 24.2 Å². The smallest absolute Gasteiger partial charge is 0.394 e. The van der Waals surface area contributed by atoms with E-state index in [1.807, 2.05) is 6.92 Å². The van der Waals surface area contributed by atoms with E-state index in [9.17, 15) is 18.7 Å². The number of carbonyl (C=O) groups excluding carboxylic acids is 1. The fraction of sp³-hybridized carbons (Fsp3) is 0.375. The Labute approximate surface area is 208 Å². The maximum atomic E-state index is 12.9. The number of benzene rings is 1. The third kappa shape index (κ3) is 11.0. The highest BCUT2D eigenvalue weighted by Gasteiger charge is 2.23. The number of aliphatic hydroxyl groups excluding tert-OH is 1. The Hall–Kier alpha value is -3.29. The number of pyridine rings is 1. The summed E-state index contributed by atoms with van der Waals surface area (Å²) < 4.78 is 30.3. The van der Waals surface area contributed by atoms with Crippen molar-refractivity contribution in [3.05, 3.63) is 60.3 Å². The van der Waals surface area contributed by atoms with Crippen molar-refractivity contribution < 1.29 is 38.7 Å². The Morgan fingerprint density at radius 2 is 1.92 bits per heavy atom. The van der Waals surface area contributed by atoms with Gasteiger partial charge in [0.2, 0.25) is 0 Å². The average Bonchev–Trinajstić information content (AvgIpc) is 2.82. The van der Waals surface area contributed by atoms with E-state index in [2.05, 4.69) is 26.5 Å². The van der Waals surface area contributed by atoms with Crippen LogP contribution >= 0.6 is 0 Å². The lowest BCUT2D eigenvalue weighted by molar-refractivity contribution is -0.495. The van der Waals surface area contributed by atoms with Crippen LogP contribution in [-0.2, 0) is 9.63 Å². The third-order valence-electron chi connectivity index (χ3n) is 4.48. The first-order valence-corrected chi connectivity index (χ1v) is 11.1. The fourth-order valence-corrected chi connectivity index (χ4v) is 2.87. The predicted octanol–water partition coefficient (Wildman–Crippen LogP) is 5.18. The van der Waals surface area contributed by atoms with E-state index in [1.54, 1.807) is 6.92 Å². The number of rotatable bonds is 13. The number of alkyl halides is 2. The minimum atomic E-state index is -3.30. The van der Waals surface area contributed by atoms with Crippen molar-refractivity contribution in [2.75, 3.05) is 11.9 Å². The van der Waals surface area contributed by atoms with Crippen molar-refractivity contribution in [1.29, 1.82) is 5.41 Å². The number of ether oxygens (including phenoxy) is 1. The highest BCUT2D eigenvalue weighted by atomic mass is 19.3. The van der Waals surface area contributed by atoms with Crippen LogP contribution in [0.3, 0.4) is 0 Å². The first kappa shape index (κ1) is 30.7. The maximum absolute atomic E-state index is 12.9. The Bertz CT molecular complexity index is 997. The number of hydrogen-bond acceptors (Lipinski definition) is 10. The molecular weight excluding hydrogens is 478 g/mol. The lowest BCUT2D eigenvalue weighted by Gasteiger charge is -2.19. The van der Waals surface area contributed by atoms with E-state index in [-0.39, 0.29) is 23.1 Å². The van der Waals surface area contributed by atoms with Gasteiger partial charge in [-0.3, -0.25) is 15.2 Å². The molecule has 1 heterocycles. The van der Waals surface area contributed by atoms with Gasteiger partial charge in [-0.05, 0) is 54.8 Å². The van der Waals surface area contributed by atoms with Crippen LogP contribution in [0.4, 0.5) is 20.3 Å². The summed E-state index contributed by atoms with van der Waals surface area (Å²) in [6.45, 7) is 7.22. The lowest BCUT2D eigenvalue weighted by Crippen LogP contribution is -2.21. The van der Waals surface area contributed by atoms with Gasteiger partial charge in [-0.25, -0.2) is 9.82 Å². The number of allylic oxidation sites excluding steroid dienone is 1. The number of hydrogen-bond donors (Lipinski definition) is 5. The summed E-state index contributed by atoms with van der Waals surface area (Å²) in [4.78, 5) is 18.9. The highest BCUT2D eigenvalue weighted by molar-refractivity contribution is 6.04. The Morgan fingerprint density at radius 1 is 1.28 bits per heavy atom. The molecule has 0 aliphatic rings. The zero-order valence-corrected chi connectivity index (χ0v) is 20.4. The van der Waals surface area contributed by atoms with Gasteiger partial charge >= 0.3 is 6.11 Å². The third-order valence-corrected chi connectivity index (χ3v) is 4.48. The van der Waals surface area contributed by atoms with Crippen molar-refractivity contribution in [3.63, 3.8) is 0 Å². The van der Waals surface area contributed by atoms with Gasteiger partial charge < -0.3 is 20.6 Å². The molecular formula is C24H32F2N4O6. The first-order valence-electron chi connectivity index (χ1n) is 11.1. The van der Waals surface area contributed by atoms with Gasteiger partial charge in [0.15, 0.2) is 5.78 Å². The lowest BCUT2D eigenvalue weighted by atomic mass is 9.98.